The van der Waals surface area contributed by atoms with E-state index in [1.165, 1.54) is 5.56 Å². The molecule has 0 aliphatic rings. The standard InChI is InChI=1S/C22H21N5O/c28-22(25-14-18-9-11-23-12-10-18)24-13-17-5-7-19(8-6-17)15-27-16-26-20-3-1-2-4-21(20)27/h1-12,16H,13-15H2,(H2,24,25,28). The summed E-state index contributed by atoms with van der Waals surface area (Å²) in [4.78, 5) is 20.3. The van der Waals surface area contributed by atoms with Gasteiger partial charge in [-0.3, -0.25) is 4.98 Å². The first-order valence-corrected chi connectivity index (χ1v) is 9.16. The van der Waals surface area contributed by atoms with Crippen LogP contribution >= 0.6 is 0 Å². The average Bonchev–Trinajstić information content (AvgIpc) is 3.15. The normalized spacial score (nSPS) is 10.7. The molecular formula is C22H21N5O. The Morgan fingerprint density at radius 1 is 0.821 bits per heavy atom. The first-order valence-electron chi connectivity index (χ1n) is 9.16. The van der Waals surface area contributed by atoms with Crippen molar-refractivity contribution in [3.8, 4) is 0 Å². The van der Waals surface area contributed by atoms with Gasteiger partial charge in [-0.1, -0.05) is 36.4 Å². The molecule has 2 aromatic heterocycles. The van der Waals surface area contributed by atoms with Crippen LogP contribution < -0.4 is 10.6 Å². The zero-order valence-electron chi connectivity index (χ0n) is 15.4. The van der Waals surface area contributed by atoms with Crippen LogP contribution in [0.3, 0.4) is 0 Å². The van der Waals surface area contributed by atoms with Gasteiger partial charge < -0.3 is 15.2 Å². The zero-order chi connectivity index (χ0) is 19.2. The Kier molecular flexibility index (Phi) is 5.29. The summed E-state index contributed by atoms with van der Waals surface area (Å²) in [5.41, 5.74) is 5.38. The van der Waals surface area contributed by atoms with Crippen LogP contribution in [0.15, 0.2) is 79.4 Å². The molecule has 2 aromatic carbocycles. The van der Waals surface area contributed by atoms with Crippen molar-refractivity contribution in [1.29, 1.82) is 0 Å². The molecule has 0 aliphatic carbocycles. The molecule has 4 rings (SSSR count). The summed E-state index contributed by atoms with van der Waals surface area (Å²) in [6, 6.07) is 19.9. The number of aromatic nitrogens is 3. The van der Waals surface area contributed by atoms with E-state index < -0.39 is 0 Å². The third-order valence-electron chi connectivity index (χ3n) is 4.56. The van der Waals surface area contributed by atoms with Crippen LogP contribution in [0.25, 0.3) is 11.0 Å². The van der Waals surface area contributed by atoms with E-state index in [1.54, 1.807) is 12.4 Å². The van der Waals surface area contributed by atoms with Gasteiger partial charge in [0.05, 0.1) is 17.4 Å². The van der Waals surface area contributed by atoms with E-state index >= 15 is 0 Å². The molecule has 6 nitrogen and oxygen atoms in total. The lowest BCUT2D eigenvalue weighted by Crippen LogP contribution is -2.34. The Morgan fingerprint density at radius 2 is 1.46 bits per heavy atom. The number of carbonyl (C=O) groups is 1. The summed E-state index contributed by atoms with van der Waals surface area (Å²) >= 11 is 0. The van der Waals surface area contributed by atoms with Crippen LogP contribution in [-0.4, -0.2) is 20.6 Å². The fourth-order valence-corrected chi connectivity index (χ4v) is 3.02. The van der Waals surface area contributed by atoms with Crippen LogP contribution in [0.5, 0.6) is 0 Å². The smallest absolute Gasteiger partial charge is 0.315 e. The van der Waals surface area contributed by atoms with E-state index in [4.69, 9.17) is 0 Å². The molecule has 4 aromatic rings. The predicted molar refractivity (Wildman–Crippen MR) is 109 cm³/mol. The number of hydrogen-bond donors (Lipinski definition) is 2. The van der Waals surface area contributed by atoms with Gasteiger partial charge in [0.2, 0.25) is 0 Å². The number of imidazole rings is 1. The van der Waals surface area contributed by atoms with Gasteiger partial charge in [-0.05, 0) is 41.0 Å². The highest BCUT2D eigenvalue weighted by molar-refractivity contribution is 5.75. The molecule has 0 radical (unpaired) electrons. The first kappa shape index (κ1) is 17.7. The highest BCUT2D eigenvalue weighted by atomic mass is 16.2. The molecule has 0 unspecified atom stereocenters. The van der Waals surface area contributed by atoms with E-state index in [9.17, 15) is 4.79 Å². The molecule has 140 valence electrons. The van der Waals surface area contributed by atoms with Gasteiger partial charge in [-0.15, -0.1) is 0 Å². The summed E-state index contributed by atoms with van der Waals surface area (Å²) in [6.45, 7) is 1.73. The van der Waals surface area contributed by atoms with Gasteiger partial charge in [0.15, 0.2) is 0 Å². The third kappa shape index (κ3) is 4.35. The lowest BCUT2D eigenvalue weighted by molar-refractivity contribution is 0.240. The maximum atomic E-state index is 11.9. The third-order valence-corrected chi connectivity index (χ3v) is 4.56. The largest absolute Gasteiger partial charge is 0.334 e. The molecule has 2 amide bonds. The van der Waals surface area contributed by atoms with Crippen molar-refractivity contribution in [3.63, 3.8) is 0 Å². The number of hydrogen-bond acceptors (Lipinski definition) is 3. The number of nitrogens with zero attached hydrogens (tertiary/aromatic N) is 3. The molecular weight excluding hydrogens is 350 g/mol. The van der Waals surface area contributed by atoms with Crippen molar-refractivity contribution in [2.75, 3.05) is 0 Å². The van der Waals surface area contributed by atoms with Gasteiger partial charge in [-0.25, -0.2) is 9.78 Å². The first-order chi connectivity index (χ1) is 13.8. The van der Waals surface area contributed by atoms with Gasteiger partial charge in [0.25, 0.3) is 0 Å². The maximum Gasteiger partial charge on any atom is 0.315 e. The van der Waals surface area contributed by atoms with E-state index in [0.29, 0.717) is 13.1 Å². The fourth-order valence-electron chi connectivity index (χ4n) is 3.02. The van der Waals surface area contributed by atoms with Crippen LogP contribution in [0.4, 0.5) is 4.79 Å². The second-order valence-corrected chi connectivity index (χ2v) is 6.57. The van der Waals surface area contributed by atoms with E-state index in [-0.39, 0.29) is 6.03 Å². The molecule has 0 saturated carbocycles. The number of para-hydroxylation sites is 2. The molecule has 0 fully saturated rings. The Balaban J connectivity index is 1.29. The molecule has 0 aliphatic heterocycles. The molecule has 6 heteroatoms. The summed E-state index contributed by atoms with van der Waals surface area (Å²) in [5, 5.41) is 5.72. The van der Waals surface area contributed by atoms with Crippen LogP contribution in [-0.2, 0) is 19.6 Å². The number of rotatable bonds is 6. The van der Waals surface area contributed by atoms with Crippen molar-refractivity contribution in [2.45, 2.75) is 19.6 Å². The summed E-state index contributed by atoms with van der Waals surface area (Å²) in [5.74, 6) is 0. The molecule has 28 heavy (non-hydrogen) atoms. The number of amides is 2. The van der Waals surface area contributed by atoms with Crippen molar-refractivity contribution in [1.82, 2.24) is 25.2 Å². The van der Waals surface area contributed by atoms with Gasteiger partial charge in [0, 0.05) is 32.0 Å². The maximum absolute atomic E-state index is 11.9. The monoisotopic (exact) mass is 371 g/mol. The minimum absolute atomic E-state index is 0.189. The van der Waals surface area contributed by atoms with Crippen molar-refractivity contribution in [2.24, 2.45) is 0 Å². The zero-order valence-corrected chi connectivity index (χ0v) is 15.4. The second kappa shape index (κ2) is 8.35. The van der Waals surface area contributed by atoms with Crippen molar-refractivity contribution >= 4 is 17.1 Å². The van der Waals surface area contributed by atoms with Crippen molar-refractivity contribution in [3.05, 3.63) is 96.1 Å². The Morgan fingerprint density at radius 3 is 2.21 bits per heavy atom. The lowest BCUT2D eigenvalue weighted by Gasteiger charge is -2.09. The Hall–Kier alpha value is -3.67. The summed E-state index contributed by atoms with van der Waals surface area (Å²) in [6.07, 6.45) is 5.29. The number of carbonyl (C=O) groups excluding carboxylic acids is 1. The number of urea groups is 1. The SMILES string of the molecule is O=C(NCc1ccncc1)NCc1ccc(Cn2cnc3ccccc32)cc1. The number of pyridine rings is 1. The topological polar surface area (TPSA) is 71.8 Å². The second-order valence-electron chi connectivity index (χ2n) is 6.57. The van der Waals surface area contributed by atoms with Crippen LogP contribution in [0.1, 0.15) is 16.7 Å². The fraction of sp³-hybridized carbons (Fsp3) is 0.136. The molecule has 2 N–H and O–H groups in total. The Labute approximate surface area is 163 Å². The van der Waals surface area contributed by atoms with E-state index in [2.05, 4.69) is 43.4 Å². The van der Waals surface area contributed by atoms with Crippen LogP contribution in [0.2, 0.25) is 0 Å². The molecule has 0 saturated heterocycles. The lowest BCUT2D eigenvalue weighted by atomic mass is 10.1. The van der Waals surface area contributed by atoms with Gasteiger partial charge >= 0.3 is 6.03 Å². The molecule has 0 spiro atoms. The number of benzene rings is 2. The summed E-state index contributed by atoms with van der Waals surface area (Å²) in [7, 11) is 0. The number of nitrogens with one attached hydrogen (secondary N) is 2. The van der Waals surface area contributed by atoms with Gasteiger partial charge in [-0.2, -0.15) is 0 Å². The van der Waals surface area contributed by atoms with Crippen LogP contribution in [0, 0.1) is 0 Å². The molecule has 0 atom stereocenters. The minimum atomic E-state index is -0.189. The highest BCUT2D eigenvalue weighted by Gasteiger charge is 2.04. The van der Waals surface area contributed by atoms with Crippen molar-refractivity contribution < 1.29 is 4.79 Å². The van der Waals surface area contributed by atoms with E-state index in [0.717, 1.165) is 28.7 Å². The van der Waals surface area contributed by atoms with E-state index in [1.807, 2.05) is 48.8 Å². The quantitative estimate of drug-likeness (QED) is 0.545. The highest BCUT2D eigenvalue weighted by Crippen LogP contribution is 2.14. The Bertz CT molecular complexity index is 1060. The van der Waals surface area contributed by atoms with Gasteiger partial charge in [0.1, 0.15) is 0 Å². The molecule has 0 bridgehead atoms. The minimum Gasteiger partial charge on any atom is -0.334 e. The number of fused-ring (bicyclic) bond motifs is 1. The summed E-state index contributed by atoms with van der Waals surface area (Å²) < 4.78 is 2.13. The predicted octanol–water partition coefficient (Wildman–Crippen LogP) is 3.48. The average molecular weight is 371 g/mol. The molecule has 2 heterocycles.